The number of fused-ring (bicyclic) bond motifs is 3. The quantitative estimate of drug-likeness (QED) is 0.341. The van der Waals surface area contributed by atoms with Crippen molar-refractivity contribution < 1.29 is 4.74 Å². The summed E-state index contributed by atoms with van der Waals surface area (Å²) < 4.78 is 9.43. The minimum absolute atomic E-state index is 0.206. The SMILES string of the molecule is COc1ccc(-c2nn(-c3ccccc3)cc2[C@@H]2Nc3c(C)cc(C)cc3-c3cc(C)nn32)cc1. The highest BCUT2D eigenvalue weighted by molar-refractivity contribution is 5.82. The van der Waals surface area contributed by atoms with Crippen molar-refractivity contribution in [3.05, 3.63) is 101 Å². The zero-order valence-electron chi connectivity index (χ0n) is 20.3. The first-order valence-corrected chi connectivity index (χ1v) is 11.8. The number of anilines is 1. The van der Waals surface area contributed by atoms with Crippen LogP contribution < -0.4 is 10.1 Å². The van der Waals surface area contributed by atoms with Crippen LogP contribution in [0.5, 0.6) is 5.75 Å². The predicted molar refractivity (Wildman–Crippen MR) is 139 cm³/mol. The Hall–Kier alpha value is -4.32. The highest BCUT2D eigenvalue weighted by atomic mass is 16.5. The van der Waals surface area contributed by atoms with Crippen LogP contribution in [-0.2, 0) is 0 Å². The summed E-state index contributed by atoms with van der Waals surface area (Å²) in [5.41, 5.74) is 10.9. The van der Waals surface area contributed by atoms with Gasteiger partial charge >= 0.3 is 0 Å². The van der Waals surface area contributed by atoms with Gasteiger partial charge in [-0.1, -0.05) is 29.8 Å². The molecule has 0 fully saturated rings. The number of nitrogens with zero attached hydrogens (tertiary/aromatic N) is 4. The number of hydrogen-bond donors (Lipinski definition) is 1. The van der Waals surface area contributed by atoms with E-state index in [1.807, 2.05) is 41.9 Å². The Morgan fingerprint density at radius 3 is 2.40 bits per heavy atom. The van der Waals surface area contributed by atoms with Crippen LogP contribution in [0.1, 0.15) is 28.6 Å². The molecule has 3 aromatic carbocycles. The highest BCUT2D eigenvalue weighted by Crippen LogP contribution is 2.43. The van der Waals surface area contributed by atoms with Gasteiger partial charge in [0, 0.05) is 28.6 Å². The van der Waals surface area contributed by atoms with E-state index in [2.05, 4.69) is 72.5 Å². The standard InChI is InChI=1S/C29H27N5O/c1-18-14-19(2)27-24(15-18)26-16-20(3)31-34(26)29(30-27)25-17-33(22-8-6-5-7-9-22)32-28(25)21-10-12-23(35-4)13-11-21/h5-17,29-30H,1-4H3/t29-/m1/s1. The molecule has 0 radical (unpaired) electrons. The summed E-state index contributed by atoms with van der Waals surface area (Å²) in [6.45, 7) is 6.34. The number of aromatic nitrogens is 4. The van der Waals surface area contributed by atoms with Crippen molar-refractivity contribution in [3.63, 3.8) is 0 Å². The van der Waals surface area contributed by atoms with Crippen molar-refractivity contribution in [2.24, 2.45) is 0 Å². The molecular formula is C29H27N5O. The summed E-state index contributed by atoms with van der Waals surface area (Å²) in [6, 6.07) is 24.9. The van der Waals surface area contributed by atoms with Gasteiger partial charge in [0.1, 0.15) is 5.75 Å². The molecule has 6 rings (SSSR count). The Bertz CT molecular complexity index is 1530. The van der Waals surface area contributed by atoms with Gasteiger partial charge in [0.05, 0.1) is 29.9 Å². The van der Waals surface area contributed by atoms with Crippen LogP contribution in [0.25, 0.3) is 28.2 Å². The maximum atomic E-state index is 5.39. The number of benzene rings is 3. The lowest BCUT2D eigenvalue weighted by atomic mass is 9.97. The zero-order valence-corrected chi connectivity index (χ0v) is 20.3. The van der Waals surface area contributed by atoms with Crippen LogP contribution in [0.15, 0.2) is 79.0 Å². The van der Waals surface area contributed by atoms with Crippen molar-refractivity contribution in [2.45, 2.75) is 26.9 Å². The molecule has 1 aliphatic rings. The molecule has 0 aliphatic carbocycles. The number of para-hydroxylation sites is 1. The number of rotatable bonds is 4. The molecule has 174 valence electrons. The van der Waals surface area contributed by atoms with Gasteiger partial charge in [-0.15, -0.1) is 0 Å². The molecule has 0 saturated heterocycles. The van der Waals surface area contributed by atoms with E-state index < -0.39 is 0 Å². The smallest absolute Gasteiger partial charge is 0.151 e. The molecule has 3 heterocycles. The van der Waals surface area contributed by atoms with E-state index in [1.54, 1.807) is 7.11 Å². The Morgan fingerprint density at radius 2 is 1.66 bits per heavy atom. The van der Waals surface area contributed by atoms with Crippen LogP contribution in [0.4, 0.5) is 5.69 Å². The molecule has 1 N–H and O–H groups in total. The highest BCUT2D eigenvalue weighted by Gasteiger charge is 2.31. The molecule has 35 heavy (non-hydrogen) atoms. The largest absolute Gasteiger partial charge is 0.497 e. The number of ether oxygens (including phenoxy) is 1. The predicted octanol–water partition coefficient (Wildman–Crippen LogP) is 6.31. The first kappa shape index (κ1) is 21.2. The summed E-state index contributed by atoms with van der Waals surface area (Å²) in [5.74, 6) is 0.818. The Labute approximate surface area is 204 Å². The fraction of sp³-hybridized carbons (Fsp3) is 0.172. The molecular weight excluding hydrogens is 434 g/mol. The second-order valence-corrected chi connectivity index (χ2v) is 9.11. The van der Waals surface area contributed by atoms with Gasteiger partial charge in [0.15, 0.2) is 6.17 Å². The van der Waals surface area contributed by atoms with Crippen LogP contribution in [-0.4, -0.2) is 26.7 Å². The van der Waals surface area contributed by atoms with Gasteiger partial charge in [-0.3, -0.25) is 0 Å². The maximum Gasteiger partial charge on any atom is 0.151 e. The Kier molecular flexibility index (Phi) is 4.95. The lowest BCUT2D eigenvalue weighted by Gasteiger charge is -2.30. The molecule has 5 aromatic rings. The molecule has 1 aliphatic heterocycles. The molecule has 0 bridgehead atoms. The number of nitrogens with one attached hydrogen (secondary N) is 1. The molecule has 2 aromatic heterocycles. The molecule has 1 atom stereocenters. The van der Waals surface area contributed by atoms with Gasteiger partial charge in [-0.25, -0.2) is 9.36 Å². The first-order chi connectivity index (χ1) is 17.0. The van der Waals surface area contributed by atoms with Crippen LogP contribution >= 0.6 is 0 Å². The van der Waals surface area contributed by atoms with E-state index in [-0.39, 0.29) is 6.17 Å². The molecule has 6 heteroatoms. The second-order valence-electron chi connectivity index (χ2n) is 9.11. The normalized spacial score (nSPS) is 14.2. The average molecular weight is 462 g/mol. The van der Waals surface area contributed by atoms with Gasteiger partial charge in [0.25, 0.3) is 0 Å². The summed E-state index contributed by atoms with van der Waals surface area (Å²) in [7, 11) is 1.68. The number of methoxy groups -OCH3 is 1. The summed E-state index contributed by atoms with van der Waals surface area (Å²) in [6.07, 6.45) is 1.91. The average Bonchev–Trinajstić information content (AvgIpc) is 3.48. The Balaban J connectivity index is 1.56. The van der Waals surface area contributed by atoms with Gasteiger partial charge in [-0.2, -0.15) is 10.2 Å². The van der Waals surface area contributed by atoms with Gasteiger partial charge in [0.2, 0.25) is 0 Å². The van der Waals surface area contributed by atoms with Crippen molar-refractivity contribution in [1.82, 2.24) is 19.6 Å². The van der Waals surface area contributed by atoms with Crippen molar-refractivity contribution in [1.29, 1.82) is 0 Å². The van der Waals surface area contributed by atoms with E-state index in [0.29, 0.717) is 0 Å². The van der Waals surface area contributed by atoms with Crippen molar-refractivity contribution >= 4 is 5.69 Å². The minimum Gasteiger partial charge on any atom is -0.497 e. The molecule has 0 spiro atoms. The Morgan fingerprint density at radius 1 is 0.886 bits per heavy atom. The fourth-order valence-electron chi connectivity index (χ4n) is 4.96. The second kappa shape index (κ2) is 8.17. The van der Waals surface area contributed by atoms with Crippen molar-refractivity contribution in [2.75, 3.05) is 12.4 Å². The summed E-state index contributed by atoms with van der Waals surface area (Å²) >= 11 is 0. The van der Waals surface area contributed by atoms with Crippen LogP contribution in [0.2, 0.25) is 0 Å². The van der Waals surface area contributed by atoms with Gasteiger partial charge < -0.3 is 10.1 Å². The molecule has 6 nitrogen and oxygen atoms in total. The maximum absolute atomic E-state index is 5.39. The minimum atomic E-state index is -0.206. The zero-order chi connectivity index (χ0) is 24.1. The third kappa shape index (κ3) is 3.58. The molecule has 0 saturated carbocycles. The van der Waals surface area contributed by atoms with E-state index in [9.17, 15) is 0 Å². The first-order valence-electron chi connectivity index (χ1n) is 11.8. The third-order valence-electron chi connectivity index (χ3n) is 6.56. The van der Waals surface area contributed by atoms with Crippen LogP contribution in [0.3, 0.4) is 0 Å². The van der Waals surface area contributed by atoms with E-state index in [1.165, 1.54) is 16.7 Å². The van der Waals surface area contributed by atoms with Crippen molar-refractivity contribution in [3.8, 4) is 34.0 Å². The van der Waals surface area contributed by atoms with E-state index in [0.717, 1.165) is 45.3 Å². The van der Waals surface area contributed by atoms with Gasteiger partial charge in [-0.05, 0) is 74.9 Å². The fourth-order valence-corrected chi connectivity index (χ4v) is 4.96. The van der Waals surface area contributed by atoms with E-state index in [4.69, 9.17) is 14.9 Å². The van der Waals surface area contributed by atoms with E-state index >= 15 is 0 Å². The summed E-state index contributed by atoms with van der Waals surface area (Å²) in [4.78, 5) is 0. The number of hydrogen-bond acceptors (Lipinski definition) is 4. The summed E-state index contributed by atoms with van der Waals surface area (Å²) in [5, 5.41) is 13.8. The lowest BCUT2D eigenvalue weighted by molar-refractivity contribution is 0.415. The van der Waals surface area contributed by atoms with Crippen LogP contribution in [0, 0.1) is 20.8 Å². The lowest BCUT2D eigenvalue weighted by Crippen LogP contribution is -2.26. The molecule has 0 unspecified atom stereocenters. The monoisotopic (exact) mass is 461 g/mol. The molecule has 0 amide bonds. The third-order valence-corrected chi connectivity index (χ3v) is 6.56. The topological polar surface area (TPSA) is 56.9 Å². The number of aryl methyl sites for hydroxylation is 3.